The highest BCUT2D eigenvalue weighted by atomic mass is 16.3. The Hall–Kier alpha value is -2.40. The van der Waals surface area contributed by atoms with Crippen LogP contribution in [0.25, 0.3) is 0 Å². The molecule has 0 spiro atoms. The maximum absolute atomic E-state index is 12.5. The van der Waals surface area contributed by atoms with Gasteiger partial charge >= 0.3 is 0 Å². The van der Waals surface area contributed by atoms with Gasteiger partial charge in [-0.15, -0.1) is 0 Å². The van der Waals surface area contributed by atoms with E-state index in [1.165, 1.54) is 6.20 Å². The van der Waals surface area contributed by atoms with Crippen molar-refractivity contribution in [2.75, 3.05) is 18.8 Å². The lowest BCUT2D eigenvalue weighted by atomic mass is 9.89. The predicted octanol–water partition coefficient (Wildman–Crippen LogP) is 1.71. The summed E-state index contributed by atoms with van der Waals surface area (Å²) in [5, 5.41) is 10.9. The molecule has 22 heavy (non-hydrogen) atoms. The molecule has 1 saturated heterocycles. The molecule has 3 rings (SSSR count). The van der Waals surface area contributed by atoms with E-state index in [4.69, 9.17) is 5.73 Å². The molecule has 1 aromatic heterocycles. The van der Waals surface area contributed by atoms with Gasteiger partial charge in [-0.05, 0) is 36.6 Å². The van der Waals surface area contributed by atoms with Gasteiger partial charge in [0.25, 0.3) is 5.91 Å². The van der Waals surface area contributed by atoms with Crippen LogP contribution in [-0.2, 0) is 5.60 Å². The Morgan fingerprint density at radius 3 is 2.77 bits per heavy atom. The number of carbonyl (C=O) groups is 1. The molecule has 1 unspecified atom stereocenters. The van der Waals surface area contributed by atoms with Gasteiger partial charge in [0.2, 0.25) is 0 Å². The number of hydrogen-bond donors (Lipinski definition) is 2. The minimum atomic E-state index is -0.984. The molecule has 1 aromatic carbocycles. The largest absolute Gasteiger partial charge is 0.384 e. The monoisotopic (exact) mass is 297 g/mol. The number of amides is 1. The molecular weight excluding hydrogens is 278 g/mol. The summed E-state index contributed by atoms with van der Waals surface area (Å²) < 4.78 is 0. The van der Waals surface area contributed by atoms with Gasteiger partial charge in [-0.2, -0.15) is 0 Å². The van der Waals surface area contributed by atoms with Crippen molar-refractivity contribution in [3.63, 3.8) is 0 Å². The zero-order valence-electron chi connectivity index (χ0n) is 12.5. The zero-order valence-corrected chi connectivity index (χ0v) is 12.5. The number of aromatic nitrogens is 1. The van der Waals surface area contributed by atoms with Crippen molar-refractivity contribution < 1.29 is 9.90 Å². The van der Waals surface area contributed by atoms with E-state index in [-0.39, 0.29) is 5.91 Å². The van der Waals surface area contributed by atoms with E-state index in [0.717, 1.165) is 11.1 Å². The molecule has 1 fully saturated rings. The number of nitrogens with two attached hydrogens (primary N) is 1. The molecule has 0 aliphatic carbocycles. The summed E-state index contributed by atoms with van der Waals surface area (Å²) in [6.07, 6.45) is 2.01. The summed E-state index contributed by atoms with van der Waals surface area (Å²) in [4.78, 5) is 18.1. The summed E-state index contributed by atoms with van der Waals surface area (Å²) >= 11 is 0. The van der Waals surface area contributed by atoms with Crippen LogP contribution in [0.3, 0.4) is 0 Å². The fourth-order valence-electron chi connectivity index (χ4n) is 3.00. The van der Waals surface area contributed by atoms with E-state index >= 15 is 0 Å². The van der Waals surface area contributed by atoms with E-state index in [1.54, 1.807) is 17.0 Å². The number of β-amino-alcohol motifs (C(OH)–C–C–N with tert-alkyl or cyclic N) is 1. The van der Waals surface area contributed by atoms with Crippen molar-refractivity contribution in [2.45, 2.75) is 18.9 Å². The molecule has 5 nitrogen and oxygen atoms in total. The lowest BCUT2D eigenvalue weighted by Gasteiger charge is -2.25. The molecule has 3 N–H and O–H groups in total. The topological polar surface area (TPSA) is 79.5 Å². The predicted molar refractivity (Wildman–Crippen MR) is 84.2 cm³/mol. The summed E-state index contributed by atoms with van der Waals surface area (Å²) in [5.41, 5.74) is 6.97. The summed E-state index contributed by atoms with van der Waals surface area (Å²) in [7, 11) is 0. The first-order valence-corrected chi connectivity index (χ1v) is 7.29. The molecule has 5 heteroatoms. The molecule has 2 heterocycles. The van der Waals surface area contributed by atoms with E-state index in [2.05, 4.69) is 4.98 Å². The molecule has 1 atom stereocenters. The van der Waals surface area contributed by atoms with Crippen LogP contribution >= 0.6 is 0 Å². The van der Waals surface area contributed by atoms with Crippen LogP contribution in [0, 0.1) is 6.92 Å². The van der Waals surface area contributed by atoms with Crippen LogP contribution in [-0.4, -0.2) is 34.0 Å². The summed E-state index contributed by atoms with van der Waals surface area (Å²) in [5.74, 6) is 0.256. The number of hydrogen-bond acceptors (Lipinski definition) is 4. The first-order chi connectivity index (χ1) is 10.5. The lowest BCUT2D eigenvalue weighted by molar-refractivity contribution is 0.0412. The van der Waals surface area contributed by atoms with Gasteiger partial charge in [-0.1, -0.05) is 24.3 Å². The Balaban J connectivity index is 1.81. The second-order valence-corrected chi connectivity index (χ2v) is 5.79. The van der Waals surface area contributed by atoms with Crippen LogP contribution in [0.1, 0.15) is 27.9 Å². The highest BCUT2D eigenvalue weighted by molar-refractivity contribution is 5.94. The minimum absolute atomic E-state index is 0.128. The number of likely N-dealkylation sites (tertiary alicyclic amines) is 1. The molecule has 2 aromatic rings. The summed E-state index contributed by atoms with van der Waals surface area (Å²) in [6.45, 7) is 2.79. The molecular formula is C17H19N3O2. The van der Waals surface area contributed by atoms with Crippen LogP contribution in [0.15, 0.2) is 42.6 Å². The standard InChI is InChI=1S/C17H19N3O2/c1-12-4-2-3-5-14(12)17(22)8-9-20(11-17)16(21)13-6-7-15(18)19-10-13/h2-7,10,22H,8-9,11H2,1H3,(H2,18,19). The van der Waals surface area contributed by atoms with E-state index < -0.39 is 5.60 Å². The van der Waals surface area contributed by atoms with Gasteiger partial charge in [-0.25, -0.2) is 4.98 Å². The SMILES string of the molecule is Cc1ccccc1C1(O)CCN(C(=O)c2ccc(N)nc2)C1. The van der Waals surface area contributed by atoms with Crippen molar-refractivity contribution in [2.24, 2.45) is 0 Å². The van der Waals surface area contributed by atoms with E-state index in [9.17, 15) is 9.90 Å². The molecule has 1 aliphatic rings. The average molecular weight is 297 g/mol. The first kappa shape index (κ1) is 14.5. The number of benzene rings is 1. The van der Waals surface area contributed by atoms with E-state index in [0.29, 0.717) is 30.9 Å². The Morgan fingerprint density at radius 2 is 2.09 bits per heavy atom. The lowest BCUT2D eigenvalue weighted by Crippen LogP contribution is -2.34. The third kappa shape index (κ3) is 2.55. The van der Waals surface area contributed by atoms with Gasteiger partial charge in [0.15, 0.2) is 0 Å². The Kier molecular flexibility index (Phi) is 3.58. The maximum Gasteiger partial charge on any atom is 0.255 e. The Morgan fingerprint density at radius 1 is 1.32 bits per heavy atom. The van der Waals surface area contributed by atoms with Crippen molar-refractivity contribution in [3.05, 3.63) is 59.3 Å². The molecule has 1 aliphatic heterocycles. The normalized spacial score (nSPS) is 21.1. The fourth-order valence-corrected chi connectivity index (χ4v) is 3.00. The zero-order chi connectivity index (χ0) is 15.7. The van der Waals surface area contributed by atoms with Crippen molar-refractivity contribution >= 4 is 11.7 Å². The van der Waals surface area contributed by atoms with Crippen molar-refractivity contribution in [1.29, 1.82) is 0 Å². The second kappa shape index (κ2) is 5.42. The van der Waals surface area contributed by atoms with Crippen molar-refractivity contribution in [1.82, 2.24) is 9.88 Å². The smallest absolute Gasteiger partial charge is 0.255 e. The number of nitrogen functional groups attached to an aromatic ring is 1. The van der Waals surface area contributed by atoms with Crippen molar-refractivity contribution in [3.8, 4) is 0 Å². The van der Waals surface area contributed by atoms with E-state index in [1.807, 2.05) is 31.2 Å². The number of pyridine rings is 1. The first-order valence-electron chi connectivity index (χ1n) is 7.29. The van der Waals surface area contributed by atoms with Gasteiger partial charge < -0.3 is 15.7 Å². The van der Waals surface area contributed by atoms with Gasteiger partial charge in [-0.3, -0.25) is 4.79 Å². The fraction of sp³-hybridized carbons (Fsp3) is 0.294. The number of rotatable bonds is 2. The van der Waals surface area contributed by atoms with Crippen LogP contribution in [0.2, 0.25) is 0 Å². The second-order valence-electron chi connectivity index (χ2n) is 5.79. The minimum Gasteiger partial charge on any atom is -0.384 e. The number of carbonyl (C=O) groups excluding carboxylic acids is 1. The van der Waals surface area contributed by atoms with Gasteiger partial charge in [0.1, 0.15) is 11.4 Å². The number of anilines is 1. The molecule has 114 valence electrons. The number of aliphatic hydroxyl groups is 1. The highest BCUT2D eigenvalue weighted by Crippen LogP contribution is 2.34. The molecule has 0 bridgehead atoms. The number of nitrogens with zero attached hydrogens (tertiary/aromatic N) is 2. The average Bonchev–Trinajstić information content (AvgIpc) is 2.91. The third-order valence-corrected chi connectivity index (χ3v) is 4.21. The van der Waals surface area contributed by atoms with Gasteiger partial charge in [0.05, 0.1) is 12.1 Å². The Labute approximate surface area is 129 Å². The maximum atomic E-state index is 12.5. The third-order valence-electron chi connectivity index (χ3n) is 4.21. The van der Waals surface area contributed by atoms with Crippen LogP contribution in [0.4, 0.5) is 5.82 Å². The summed E-state index contributed by atoms with van der Waals surface area (Å²) in [6, 6.07) is 11.0. The molecule has 0 radical (unpaired) electrons. The van der Waals surface area contributed by atoms with Gasteiger partial charge in [0, 0.05) is 12.7 Å². The molecule has 1 amide bonds. The molecule has 0 saturated carbocycles. The highest BCUT2D eigenvalue weighted by Gasteiger charge is 2.40. The number of aryl methyl sites for hydroxylation is 1. The Bertz CT molecular complexity index is 699. The quantitative estimate of drug-likeness (QED) is 0.884. The van der Waals surface area contributed by atoms with Crippen LogP contribution < -0.4 is 5.73 Å². The van der Waals surface area contributed by atoms with Crippen LogP contribution in [0.5, 0.6) is 0 Å².